The number of alkyl halides is 3. The van der Waals surface area contributed by atoms with Crippen LogP contribution in [0.2, 0.25) is 5.02 Å². The molecule has 0 spiro atoms. The molecule has 27 heavy (non-hydrogen) atoms. The maximum absolute atomic E-state index is 13.2. The normalized spacial score (nSPS) is 11.2. The third-order valence-electron chi connectivity index (χ3n) is 3.39. The standard InChI is InChI=1S/C17H12ClF5N2O2/c1-25(16(27)9-4-10(19)6-11(20)5-9)8-15(26)24-12-2-3-14(18)13(7-12)17(21,22)23/h2-7H,8H2,1H3,(H,24,26). The van der Waals surface area contributed by atoms with Gasteiger partial charge in [0.2, 0.25) is 5.91 Å². The van der Waals surface area contributed by atoms with Gasteiger partial charge in [0.05, 0.1) is 17.1 Å². The lowest BCUT2D eigenvalue weighted by molar-refractivity contribution is -0.137. The molecule has 2 aromatic carbocycles. The van der Waals surface area contributed by atoms with Crippen molar-refractivity contribution < 1.29 is 31.5 Å². The lowest BCUT2D eigenvalue weighted by Gasteiger charge is -2.17. The first-order valence-corrected chi connectivity index (χ1v) is 7.73. The molecular weight excluding hydrogens is 395 g/mol. The van der Waals surface area contributed by atoms with Gasteiger partial charge in [0, 0.05) is 24.4 Å². The number of anilines is 1. The minimum absolute atomic E-state index is 0.172. The summed E-state index contributed by atoms with van der Waals surface area (Å²) in [6.07, 6.45) is -4.70. The van der Waals surface area contributed by atoms with Crippen molar-refractivity contribution in [3.8, 4) is 0 Å². The Bertz CT molecular complexity index is 866. The van der Waals surface area contributed by atoms with Crippen molar-refractivity contribution in [2.75, 3.05) is 18.9 Å². The molecule has 0 saturated carbocycles. The second-order valence-electron chi connectivity index (χ2n) is 5.56. The molecule has 0 saturated heterocycles. The van der Waals surface area contributed by atoms with Crippen molar-refractivity contribution >= 4 is 29.1 Å². The number of nitrogens with zero attached hydrogens (tertiary/aromatic N) is 1. The Kier molecular flexibility index (Phi) is 6.04. The lowest BCUT2D eigenvalue weighted by Crippen LogP contribution is -2.35. The number of hydrogen-bond donors (Lipinski definition) is 1. The highest BCUT2D eigenvalue weighted by Crippen LogP contribution is 2.36. The molecule has 0 bridgehead atoms. The molecule has 0 atom stereocenters. The zero-order chi connectivity index (χ0) is 20.4. The maximum atomic E-state index is 13.2. The summed E-state index contributed by atoms with van der Waals surface area (Å²) in [6.45, 7) is -0.555. The number of nitrogens with one attached hydrogen (secondary N) is 1. The van der Waals surface area contributed by atoms with Crippen LogP contribution in [0.5, 0.6) is 0 Å². The van der Waals surface area contributed by atoms with Gasteiger partial charge in [-0.1, -0.05) is 11.6 Å². The summed E-state index contributed by atoms with van der Waals surface area (Å²) >= 11 is 5.49. The zero-order valence-corrected chi connectivity index (χ0v) is 14.5. The Morgan fingerprint density at radius 1 is 1.07 bits per heavy atom. The molecule has 2 amide bonds. The molecule has 4 nitrogen and oxygen atoms in total. The predicted octanol–water partition coefficient (Wildman–Crippen LogP) is 4.35. The quantitative estimate of drug-likeness (QED) is 0.768. The third-order valence-corrected chi connectivity index (χ3v) is 3.72. The van der Waals surface area contributed by atoms with Crippen molar-refractivity contribution in [2.45, 2.75) is 6.18 Å². The van der Waals surface area contributed by atoms with Crippen molar-refractivity contribution in [3.63, 3.8) is 0 Å². The minimum atomic E-state index is -4.70. The SMILES string of the molecule is CN(CC(=O)Nc1ccc(Cl)c(C(F)(F)F)c1)C(=O)c1cc(F)cc(F)c1. The van der Waals surface area contributed by atoms with E-state index in [1.807, 2.05) is 0 Å². The Balaban J connectivity index is 2.08. The number of benzene rings is 2. The number of hydrogen-bond acceptors (Lipinski definition) is 2. The smallest absolute Gasteiger partial charge is 0.332 e. The van der Waals surface area contributed by atoms with Gasteiger partial charge in [-0.05, 0) is 30.3 Å². The van der Waals surface area contributed by atoms with E-state index in [-0.39, 0.29) is 11.3 Å². The number of rotatable bonds is 4. The Morgan fingerprint density at radius 3 is 2.22 bits per heavy atom. The van der Waals surface area contributed by atoms with E-state index in [0.717, 1.165) is 23.1 Å². The number of likely N-dealkylation sites (N-methyl/N-ethyl adjacent to an activating group) is 1. The van der Waals surface area contributed by atoms with Crippen LogP contribution in [-0.4, -0.2) is 30.3 Å². The number of carbonyl (C=O) groups excluding carboxylic acids is 2. The number of amides is 2. The van der Waals surface area contributed by atoms with Gasteiger partial charge < -0.3 is 10.2 Å². The predicted molar refractivity (Wildman–Crippen MR) is 88.4 cm³/mol. The van der Waals surface area contributed by atoms with Crippen molar-refractivity contribution in [1.29, 1.82) is 0 Å². The van der Waals surface area contributed by atoms with Crippen LogP contribution in [0.1, 0.15) is 15.9 Å². The molecule has 0 unspecified atom stereocenters. The van der Waals surface area contributed by atoms with Gasteiger partial charge in [-0.25, -0.2) is 8.78 Å². The first kappa shape index (κ1) is 20.6. The van der Waals surface area contributed by atoms with Gasteiger partial charge in [0.25, 0.3) is 5.91 Å². The molecule has 0 fully saturated rings. The van der Waals surface area contributed by atoms with Gasteiger partial charge in [-0.3, -0.25) is 9.59 Å². The number of halogens is 6. The van der Waals surface area contributed by atoms with E-state index in [9.17, 15) is 31.5 Å². The van der Waals surface area contributed by atoms with Gasteiger partial charge in [-0.15, -0.1) is 0 Å². The fourth-order valence-corrected chi connectivity index (χ4v) is 2.43. The molecule has 0 radical (unpaired) electrons. The van der Waals surface area contributed by atoms with Crippen LogP contribution in [0.15, 0.2) is 36.4 Å². The van der Waals surface area contributed by atoms with E-state index in [1.54, 1.807) is 0 Å². The van der Waals surface area contributed by atoms with Crippen LogP contribution in [0, 0.1) is 11.6 Å². The second kappa shape index (κ2) is 7.91. The lowest BCUT2D eigenvalue weighted by atomic mass is 10.2. The molecule has 0 aliphatic carbocycles. The minimum Gasteiger partial charge on any atom is -0.332 e. The van der Waals surface area contributed by atoms with E-state index in [0.29, 0.717) is 12.1 Å². The first-order valence-electron chi connectivity index (χ1n) is 7.35. The van der Waals surface area contributed by atoms with Gasteiger partial charge in [0.1, 0.15) is 11.6 Å². The first-order chi connectivity index (χ1) is 12.5. The number of carbonyl (C=O) groups is 2. The van der Waals surface area contributed by atoms with Crippen molar-refractivity contribution in [3.05, 3.63) is 64.2 Å². The maximum Gasteiger partial charge on any atom is 0.417 e. The summed E-state index contributed by atoms with van der Waals surface area (Å²) < 4.78 is 64.8. The Labute approximate surface area is 155 Å². The average molecular weight is 407 g/mol. The molecule has 10 heteroatoms. The molecule has 2 rings (SSSR count). The molecule has 2 aromatic rings. The van der Waals surface area contributed by atoms with Crippen LogP contribution in [0.4, 0.5) is 27.6 Å². The summed E-state index contributed by atoms with van der Waals surface area (Å²) in [5.74, 6) is -3.57. The summed E-state index contributed by atoms with van der Waals surface area (Å²) in [4.78, 5) is 24.9. The van der Waals surface area contributed by atoms with Crippen LogP contribution in [0.25, 0.3) is 0 Å². The van der Waals surface area contributed by atoms with Crippen LogP contribution in [-0.2, 0) is 11.0 Å². The molecule has 0 aliphatic heterocycles. The molecular formula is C17H12ClF5N2O2. The topological polar surface area (TPSA) is 49.4 Å². The van der Waals surface area contributed by atoms with Gasteiger partial charge in [-0.2, -0.15) is 13.2 Å². The van der Waals surface area contributed by atoms with Crippen molar-refractivity contribution in [2.24, 2.45) is 0 Å². The fraction of sp³-hybridized carbons (Fsp3) is 0.176. The monoisotopic (exact) mass is 406 g/mol. The van der Waals surface area contributed by atoms with Crippen LogP contribution >= 0.6 is 11.6 Å². The van der Waals surface area contributed by atoms with E-state index in [4.69, 9.17) is 11.6 Å². The zero-order valence-electron chi connectivity index (χ0n) is 13.7. The molecule has 0 aromatic heterocycles. The van der Waals surface area contributed by atoms with Gasteiger partial charge in [0.15, 0.2) is 0 Å². The Hall–Kier alpha value is -2.68. The molecule has 1 N–H and O–H groups in total. The van der Waals surface area contributed by atoms with E-state index < -0.39 is 46.8 Å². The largest absolute Gasteiger partial charge is 0.417 e. The molecule has 0 heterocycles. The highest BCUT2D eigenvalue weighted by molar-refractivity contribution is 6.31. The molecule has 144 valence electrons. The van der Waals surface area contributed by atoms with Crippen LogP contribution < -0.4 is 5.32 Å². The van der Waals surface area contributed by atoms with Gasteiger partial charge >= 0.3 is 6.18 Å². The van der Waals surface area contributed by atoms with Crippen LogP contribution in [0.3, 0.4) is 0 Å². The summed E-state index contributed by atoms with van der Waals surface area (Å²) in [5.41, 5.74) is -1.61. The van der Waals surface area contributed by atoms with Crippen molar-refractivity contribution in [1.82, 2.24) is 4.90 Å². The Morgan fingerprint density at radius 2 is 1.67 bits per heavy atom. The third kappa shape index (κ3) is 5.40. The summed E-state index contributed by atoms with van der Waals surface area (Å²) in [6, 6.07) is 4.99. The highest BCUT2D eigenvalue weighted by Gasteiger charge is 2.33. The van der Waals surface area contributed by atoms with E-state index in [1.165, 1.54) is 13.1 Å². The molecule has 0 aliphatic rings. The van der Waals surface area contributed by atoms with E-state index >= 15 is 0 Å². The fourth-order valence-electron chi connectivity index (χ4n) is 2.21. The summed E-state index contributed by atoms with van der Waals surface area (Å²) in [7, 11) is 1.20. The average Bonchev–Trinajstić information content (AvgIpc) is 2.53. The second-order valence-corrected chi connectivity index (χ2v) is 5.97. The summed E-state index contributed by atoms with van der Waals surface area (Å²) in [5, 5.41) is 1.68. The van der Waals surface area contributed by atoms with E-state index in [2.05, 4.69) is 5.32 Å². The highest BCUT2D eigenvalue weighted by atomic mass is 35.5.